The molecule has 146 valence electrons. The Balaban J connectivity index is 1.64. The minimum atomic E-state index is -4.62. The molecule has 2 heterocycles. The molecule has 5 nitrogen and oxygen atoms in total. The van der Waals surface area contributed by atoms with Crippen LogP contribution in [0.4, 0.5) is 18.9 Å². The average molecular weight is 407 g/mol. The molecular formula is C19H16F3N3O2S. The van der Waals surface area contributed by atoms with Gasteiger partial charge in [0.15, 0.2) is 0 Å². The first kappa shape index (κ1) is 18.5. The second-order valence-electron chi connectivity index (χ2n) is 6.53. The van der Waals surface area contributed by atoms with Crippen LogP contribution < -0.4 is 4.72 Å². The molecule has 9 heteroatoms. The minimum Gasteiger partial charge on any atom is -0.328 e. The highest BCUT2D eigenvalue weighted by atomic mass is 32.2. The van der Waals surface area contributed by atoms with Crippen molar-refractivity contribution in [2.75, 3.05) is 4.72 Å². The van der Waals surface area contributed by atoms with E-state index in [4.69, 9.17) is 0 Å². The number of imidazole rings is 1. The number of sulfonamides is 1. The van der Waals surface area contributed by atoms with Crippen LogP contribution in [0.25, 0.3) is 11.3 Å². The zero-order valence-corrected chi connectivity index (χ0v) is 15.4. The van der Waals surface area contributed by atoms with E-state index in [1.54, 1.807) is 24.4 Å². The van der Waals surface area contributed by atoms with Gasteiger partial charge in [-0.2, -0.15) is 13.2 Å². The summed E-state index contributed by atoms with van der Waals surface area (Å²) in [5.74, 6) is 0.991. The molecule has 0 amide bonds. The number of aromatic nitrogens is 2. The molecule has 1 aromatic heterocycles. The number of benzene rings is 2. The van der Waals surface area contributed by atoms with E-state index >= 15 is 0 Å². The molecular weight excluding hydrogens is 391 g/mol. The van der Waals surface area contributed by atoms with E-state index < -0.39 is 26.7 Å². The van der Waals surface area contributed by atoms with Crippen molar-refractivity contribution < 1.29 is 21.6 Å². The minimum absolute atomic E-state index is 0.267. The third-order valence-corrected chi connectivity index (χ3v) is 5.98. The Morgan fingerprint density at radius 1 is 1.07 bits per heavy atom. The van der Waals surface area contributed by atoms with E-state index in [1.165, 1.54) is 0 Å². The molecule has 0 aliphatic carbocycles. The van der Waals surface area contributed by atoms with Crippen molar-refractivity contribution in [3.63, 3.8) is 0 Å². The highest BCUT2D eigenvalue weighted by molar-refractivity contribution is 7.92. The van der Waals surface area contributed by atoms with Gasteiger partial charge in [-0.05, 0) is 36.8 Å². The van der Waals surface area contributed by atoms with Gasteiger partial charge in [0.05, 0.1) is 22.3 Å². The van der Waals surface area contributed by atoms with Gasteiger partial charge in [0.25, 0.3) is 10.0 Å². The highest BCUT2D eigenvalue weighted by Gasteiger charge is 2.31. The Morgan fingerprint density at radius 2 is 1.86 bits per heavy atom. The van der Waals surface area contributed by atoms with E-state index in [0.717, 1.165) is 54.7 Å². The lowest BCUT2D eigenvalue weighted by Gasteiger charge is -2.12. The summed E-state index contributed by atoms with van der Waals surface area (Å²) in [6.45, 7) is 0.852. The third kappa shape index (κ3) is 3.49. The van der Waals surface area contributed by atoms with Gasteiger partial charge in [-0.3, -0.25) is 4.72 Å². The predicted octanol–water partition coefficient (Wildman–Crippen LogP) is 4.32. The highest BCUT2D eigenvalue weighted by Crippen LogP contribution is 2.31. The quantitative estimate of drug-likeness (QED) is 0.701. The smallest absolute Gasteiger partial charge is 0.328 e. The van der Waals surface area contributed by atoms with Crippen molar-refractivity contribution >= 4 is 15.7 Å². The van der Waals surface area contributed by atoms with Crippen molar-refractivity contribution in [3.8, 4) is 11.3 Å². The number of hydrogen-bond acceptors (Lipinski definition) is 3. The second kappa shape index (κ2) is 6.66. The zero-order valence-electron chi connectivity index (χ0n) is 14.6. The fourth-order valence-electron chi connectivity index (χ4n) is 3.28. The number of anilines is 1. The van der Waals surface area contributed by atoms with Crippen LogP contribution in [0.5, 0.6) is 0 Å². The van der Waals surface area contributed by atoms with E-state index in [9.17, 15) is 21.6 Å². The first-order valence-electron chi connectivity index (χ1n) is 8.59. The molecule has 3 aromatic rings. The van der Waals surface area contributed by atoms with Gasteiger partial charge in [-0.1, -0.05) is 18.2 Å². The lowest BCUT2D eigenvalue weighted by molar-refractivity contribution is -0.137. The number of fused-ring (bicyclic) bond motifs is 1. The van der Waals surface area contributed by atoms with Crippen LogP contribution in [-0.4, -0.2) is 18.0 Å². The predicted molar refractivity (Wildman–Crippen MR) is 98.2 cm³/mol. The Hall–Kier alpha value is -2.81. The Bertz CT molecular complexity index is 1140. The average Bonchev–Trinajstić information content (AvgIpc) is 3.24. The molecule has 28 heavy (non-hydrogen) atoms. The van der Waals surface area contributed by atoms with Crippen molar-refractivity contribution in [3.05, 3.63) is 66.1 Å². The number of rotatable bonds is 4. The number of hydrogen-bond donors (Lipinski definition) is 1. The Morgan fingerprint density at radius 3 is 2.64 bits per heavy atom. The molecule has 1 N–H and O–H groups in total. The monoisotopic (exact) mass is 407 g/mol. The van der Waals surface area contributed by atoms with Gasteiger partial charge in [0.1, 0.15) is 5.82 Å². The first-order chi connectivity index (χ1) is 13.2. The maximum atomic E-state index is 12.9. The maximum Gasteiger partial charge on any atom is 0.416 e. The van der Waals surface area contributed by atoms with Crippen LogP contribution in [-0.2, 0) is 29.2 Å². The van der Waals surface area contributed by atoms with Gasteiger partial charge in [-0.25, -0.2) is 13.4 Å². The molecule has 0 atom stereocenters. The number of halogens is 3. The largest absolute Gasteiger partial charge is 0.416 e. The Labute approximate surface area is 159 Å². The van der Waals surface area contributed by atoms with Crippen molar-refractivity contribution in [2.45, 2.75) is 30.5 Å². The molecule has 0 bridgehead atoms. The summed E-state index contributed by atoms with van der Waals surface area (Å²) >= 11 is 0. The molecule has 4 rings (SSSR count). The SMILES string of the molecule is O=S(=O)(Nc1cccc(-c2cnc3n2CCC3)c1)c1cccc(C(F)(F)F)c1. The number of nitrogens with one attached hydrogen (secondary N) is 1. The summed E-state index contributed by atoms with van der Waals surface area (Å²) in [5, 5.41) is 0. The lowest BCUT2D eigenvalue weighted by atomic mass is 10.1. The molecule has 0 radical (unpaired) electrons. The van der Waals surface area contributed by atoms with Crippen molar-refractivity contribution in [2.24, 2.45) is 0 Å². The molecule has 0 saturated carbocycles. The summed E-state index contributed by atoms with van der Waals surface area (Å²) in [6.07, 6.45) is -0.956. The van der Waals surface area contributed by atoms with Gasteiger partial charge in [0, 0.05) is 24.2 Å². The number of nitrogens with zero attached hydrogens (tertiary/aromatic N) is 2. The van der Waals surface area contributed by atoms with Crippen molar-refractivity contribution in [1.29, 1.82) is 0 Å². The number of alkyl halides is 3. The van der Waals surface area contributed by atoms with E-state index in [1.807, 2.05) is 6.07 Å². The molecule has 0 spiro atoms. The molecule has 1 aliphatic rings. The van der Waals surface area contributed by atoms with E-state index in [2.05, 4.69) is 14.3 Å². The van der Waals surface area contributed by atoms with Crippen LogP contribution in [0.1, 0.15) is 17.8 Å². The second-order valence-corrected chi connectivity index (χ2v) is 8.21. The normalized spacial score (nSPS) is 14.1. The van der Waals surface area contributed by atoms with Gasteiger partial charge >= 0.3 is 6.18 Å². The summed E-state index contributed by atoms with van der Waals surface area (Å²) < 4.78 is 68.2. The van der Waals surface area contributed by atoms with E-state index in [0.29, 0.717) is 6.07 Å². The van der Waals surface area contributed by atoms with Gasteiger partial charge < -0.3 is 4.57 Å². The van der Waals surface area contributed by atoms with Crippen molar-refractivity contribution in [1.82, 2.24) is 9.55 Å². The van der Waals surface area contributed by atoms with Crippen LogP contribution in [0, 0.1) is 0 Å². The molecule has 0 unspecified atom stereocenters. The molecule has 0 fully saturated rings. The summed E-state index contributed by atoms with van der Waals surface area (Å²) in [7, 11) is -4.17. The third-order valence-electron chi connectivity index (χ3n) is 4.60. The summed E-state index contributed by atoms with van der Waals surface area (Å²) in [6, 6.07) is 10.4. The standard InChI is InChI=1S/C19H16F3N3O2S/c20-19(21,22)14-5-2-7-16(11-14)28(26,27)24-15-6-1-4-13(10-15)17-12-23-18-8-3-9-25(17)18/h1-2,4-7,10-12,24H,3,8-9H2. The Kier molecular flexibility index (Phi) is 4.41. The summed E-state index contributed by atoms with van der Waals surface area (Å²) in [5.41, 5.74) is 0.917. The van der Waals surface area contributed by atoms with Crippen LogP contribution in [0.2, 0.25) is 0 Å². The van der Waals surface area contributed by atoms with Gasteiger partial charge in [0.2, 0.25) is 0 Å². The molecule has 2 aromatic carbocycles. The molecule has 0 saturated heterocycles. The lowest BCUT2D eigenvalue weighted by Crippen LogP contribution is -2.14. The van der Waals surface area contributed by atoms with E-state index in [-0.39, 0.29) is 5.69 Å². The topological polar surface area (TPSA) is 64.0 Å². The van der Waals surface area contributed by atoms with Crippen LogP contribution >= 0.6 is 0 Å². The fourth-order valence-corrected chi connectivity index (χ4v) is 4.38. The van der Waals surface area contributed by atoms with Crippen LogP contribution in [0.15, 0.2) is 59.6 Å². The summed E-state index contributed by atoms with van der Waals surface area (Å²) in [4.78, 5) is 3.93. The molecule has 1 aliphatic heterocycles. The number of aryl methyl sites for hydroxylation is 1. The maximum absolute atomic E-state index is 12.9. The fraction of sp³-hybridized carbons (Fsp3) is 0.211. The first-order valence-corrected chi connectivity index (χ1v) is 10.1. The zero-order chi connectivity index (χ0) is 19.9. The van der Waals surface area contributed by atoms with Gasteiger partial charge in [-0.15, -0.1) is 0 Å². The van der Waals surface area contributed by atoms with Crippen LogP contribution in [0.3, 0.4) is 0 Å².